The molecule has 1 aliphatic rings. The van der Waals surface area contributed by atoms with Crippen LogP contribution in [-0.4, -0.2) is 22.1 Å². The molecule has 0 spiro atoms. The van der Waals surface area contributed by atoms with Crippen LogP contribution >= 0.6 is 0 Å². The molecule has 0 aromatic heterocycles. The molecule has 1 N–H and O–H groups in total. The van der Waals surface area contributed by atoms with Crippen molar-refractivity contribution >= 4 is 22.4 Å². The zero-order valence-electron chi connectivity index (χ0n) is 19.3. The minimum absolute atomic E-state index is 0.140. The fourth-order valence-electron chi connectivity index (χ4n) is 4.83. The van der Waals surface area contributed by atoms with Gasteiger partial charge in [-0.15, -0.1) is 0 Å². The van der Waals surface area contributed by atoms with Crippen LogP contribution in [0.25, 0.3) is 21.9 Å². The highest BCUT2D eigenvalue weighted by atomic mass is 16.6. The molecule has 6 heteroatoms. The van der Waals surface area contributed by atoms with Gasteiger partial charge < -0.3 is 9.84 Å². The van der Waals surface area contributed by atoms with Crippen molar-refractivity contribution in [2.24, 2.45) is 5.92 Å². The number of nitrogens with zero attached hydrogens (tertiary/aromatic N) is 1. The number of ether oxygens (including phenoxy) is 1. The average Bonchev–Trinajstić information content (AvgIpc) is 3.26. The van der Waals surface area contributed by atoms with Gasteiger partial charge in [-0.1, -0.05) is 67.6 Å². The van der Waals surface area contributed by atoms with Gasteiger partial charge in [-0.3, -0.25) is 14.9 Å². The molecule has 0 aliphatic heterocycles. The van der Waals surface area contributed by atoms with Gasteiger partial charge in [0.05, 0.1) is 10.8 Å². The van der Waals surface area contributed by atoms with Crippen molar-refractivity contribution in [1.29, 1.82) is 0 Å². The van der Waals surface area contributed by atoms with Crippen molar-refractivity contribution in [2.75, 3.05) is 0 Å². The number of hydrogen-bond donors (Lipinski definition) is 1. The fourth-order valence-corrected chi connectivity index (χ4v) is 4.83. The first-order valence-electron chi connectivity index (χ1n) is 11.7. The summed E-state index contributed by atoms with van der Waals surface area (Å²) in [6, 6.07) is 25.2. The van der Waals surface area contributed by atoms with Crippen LogP contribution in [-0.2, 0) is 24.1 Å². The quantitative estimate of drug-likeness (QED) is 0.257. The number of carboxylic acid groups (broad SMARTS) is 1. The SMILES string of the molecule is CC(Cc1cc(-c2ccc3ccccc3c2)c(OC2Cc3ccccc3C2)c([N+](=O)[O-])c1)C(=O)O. The Bertz CT molecular complexity index is 1420. The molecule has 0 saturated carbocycles. The Morgan fingerprint density at radius 2 is 1.66 bits per heavy atom. The predicted molar refractivity (Wildman–Crippen MR) is 135 cm³/mol. The lowest BCUT2D eigenvalue weighted by Gasteiger charge is -2.19. The van der Waals surface area contributed by atoms with Crippen LogP contribution in [0.15, 0.2) is 78.9 Å². The van der Waals surface area contributed by atoms with Crippen molar-refractivity contribution in [1.82, 2.24) is 0 Å². The number of nitro groups is 1. The molecule has 176 valence electrons. The van der Waals surface area contributed by atoms with E-state index < -0.39 is 16.8 Å². The monoisotopic (exact) mass is 467 g/mol. The maximum atomic E-state index is 12.2. The maximum Gasteiger partial charge on any atom is 0.311 e. The van der Waals surface area contributed by atoms with Gasteiger partial charge in [0, 0.05) is 24.5 Å². The van der Waals surface area contributed by atoms with E-state index in [0.29, 0.717) is 24.0 Å². The highest BCUT2D eigenvalue weighted by Gasteiger charge is 2.29. The van der Waals surface area contributed by atoms with Crippen LogP contribution in [0.4, 0.5) is 5.69 Å². The van der Waals surface area contributed by atoms with Crippen molar-refractivity contribution in [3.8, 4) is 16.9 Å². The molecular formula is C29H25NO5. The summed E-state index contributed by atoms with van der Waals surface area (Å²) in [5.74, 6) is -1.38. The van der Waals surface area contributed by atoms with E-state index in [1.807, 2.05) is 60.7 Å². The lowest BCUT2D eigenvalue weighted by Crippen LogP contribution is -2.18. The lowest BCUT2D eigenvalue weighted by atomic mass is 9.94. The van der Waals surface area contributed by atoms with Gasteiger partial charge in [0.25, 0.3) is 0 Å². The molecule has 0 bridgehead atoms. The molecule has 5 rings (SSSR count). The van der Waals surface area contributed by atoms with E-state index >= 15 is 0 Å². The van der Waals surface area contributed by atoms with Gasteiger partial charge in [-0.25, -0.2) is 0 Å². The van der Waals surface area contributed by atoms with Crippen molar-refractivity contribution < 1.29 is 19.6 Å². The van der Waals surface area contributed by atoms with Gasteiger partial charge in [0.2, 0.25) is 5.75 Å². The van der Waals surface area contributed by atoms with Gasteiger partial charge >= 0.3 is 11.7 Å². The Balaban J connectivity index is 1.62. The number of carboxylic acids is 1. The molecule has 1 unspecified atom stereocenters. The van der Waals surface area contributed by atoms with Crippen LogP contribution in [0.5, 0.6) is 5.75 Å². The molecule has 35 heavy (non-hydrogen) atoms. The smallest absolute Gasteiger partial charge is 0.311 e. The minimum Gasteiger partial charge on any atom is -0.482 e. The predicted octanol–water partition coefficient (Wildman–Crippen LogP) is 6.22. The number of rotatable bonds is 7. The van der Waals surface area contributed by atoms with E-state index in [9.17, 15) is 20.0 Å². The number of aliphatic carboxylic acids is 1. The normalized spacial score (nSPS) is 14.0. The van der Waals surface area contributed by atoms with Crippen molar-refractivity contribution in [3.05, 3.63) is 106 Å². The Kier molecular flexibility index (Phi) is 5.95. The van der Waals surface area contributed by atoms with E-state index in [1.54, 1.807) is 6.92 Å². The highest BCUT2D eigenvalue weighted by molar-refractivity contribution is 5.89. The number of hydrogen-bond acceptors (Lipinski definition) is 4. The second kappa shape index (κ2) is 9.22. The molecule has 0 radical (unpaired) electrons. The van der Waals surface area contributed by atoms with E-state index in [-0.39, 0.29) is 24.0 Å². The Hall–Kier alpha value is -4.19. The Labute approximate surface area is 202 Å². The summed E-state index contributed by atoms with van der Waals surface area (Å²) >= 11 is 0. The summed E-state index contributed by atoms with van der Waals surface area (Å²) in [5.41, 5.74) is 4.24. The summed E-state index contributed by atoms with van der Waals surface area (Å²) in [6.07, 6.45) is 1.34. The molecule has 0 fully saturated rings. The second-order valence-electron chi connectivity index (χ2n) is 9.17. The summed E-state index contributed by atoms with van der Waals surface area (Å²) in [6.45, 7) is 1.60. The number of benzene rings is 4. The number of nitro benzene ring substituents is 1. The molecule has 4 aromatic rings. The van der Waals surface area contributed by atoms with E-state index in [4.69, 9.17) is 4.74 Å². The topological polar surface area (TPSA) is 89.7 Å². The third kappa shape index (κ3) is 4.60. The molecule has 6 nitrogen and oxygen atoms in total. The maximum absolute atomic E-state index is 12.2. The minimum atomic E-state index is -0.941. The molecule has 0 saturated heterocycles. The molecule has 1 aliphatic carbocycles. The lowest BCUT2D eigenvalue weighted by molar-refractivity contribution is -0.386. The van der Waals surface area contributed by atoms with Gasteiger partial charge in [-0.2, -0.15) is 0 Å². The molecule has 0 heterocycles. The Morgan fingerprint density at radius 3 is 2.31 bits per heavy atom. The van der Waals surface area contributed by atoms with Crippen LogP contribution in [0.2, 0.25) is 0 Å². The Morgan fingerprint density at radius 1 is 1.00 bits per heavy atom. The molecule has 0 amide bonds. The molecule has 4 aromatic carbocycles. The average molecular weight is 468 g/mol. The third-order valence-corrected chi connectivity index (χ3v) is 6.65. The zero-order valence-corrected chi connectivity index (χ0v) is 19.3. The molecule has 1 atom stereocenters. The van der Waals surface area contributed by atoms with Crippen LogP contribution in [0.3, 0.4) is 0 Å². The summed E-state index contributed by atoms with van der Waals surface area (Å²) in [4.78, 5) is 23.2. The number of carbonyl (C=O) groups is 1. The second-order valence-corrected chi connectivity index (χ2v) is 9.17. The van der Waals surface area contributed by atoms with E-state index in [1.165, 1.54) is 17.2 Å². The summed E-state index contributed by atoms with van der Waals surface area (Å²) in [5, 5.41) is 23.7. The largest absolute Gasteiger partial charge is 0.482 e. The fraction of sp³-hybridized carbons (Fsp3) is 0.207. The van der Waals surface area contributed by atoms with Crippen molar-refractivity contribution in [2.45, 2.75) is 32.3 Å². The number of fused-ring (bicyclic) bond motifs is 2. The van der Waals surface area contributed by atoms with Crippen LogP contribution in [0.1, 0.15) is 23.6 Å². The zero-order chi connectivity index (χ0) is 24.5. The first-order chi connectivity index (χ1) is 16.9. The van der Waals surface area contributed by atoms with Crippen LogP contribution < -0.4 is 4.74 Å². The van der Waals surface area contributed by atoms with Gasteiger partial charge in [0.1, 0.15) is 6.10 Å². The molecular weight excluding hydrogens is 442 g/mol. The summed E-state index contributed by atoms with van der Waals surface area (Å²) < 4.78 is 6.40. The van der Waals surface area contributed by atoms with Crippen LogP contribution in [0, 0.1) is 16.0 Å². The third-order valence-electron chi connectivity index (χ3n) is 6.65. The first-order valence-corrected chi connectivity index (χ1v) is 11.7. The van der Waals surface area contributed by atoms with Gasteiger partial charge in [0.15, 0.2) is 0 Å². The van der Waals surface area contributed by atoms with E-state index in [2.05, 4.69) is 12.1 Å². The van der Waals surface area contributed by atoms with E-state index in [0.717, 1.165) is 16.3 Å². The van der Waals surface area contributed by atoms with Crippen molar-refractivity contribution in [3.63, 3.8) is 0 Å². The summed E-state index contributed by atoms with van der Waals surface area (Å²) in [7, 11) is 0. The first kappa shape index (κ1) is 22.6. The highest BCUT2D eigenvalue weighted by Crippen LogP contribution is 2.42. The standard InChI is InChI=1S/C29H25NO5/c1-18(29(31)32)12-19-13-26(24-11-10-20-6-2-3-7-21(20)15-24)28(27(14-19)30(33)34)35-25-16-22-8-4-5-9-23(22)17-25/h2-11,13-15,18,25H,12,16-17H2,1H3,(H,31,32). The van der Waals surface area contributed by atoms with Gasteiger partial charge in [-0.05, 0) is 51.6 Å².